The number of carboxylic acid groups (broad SMARTS) is 1. The van der Waals surface area contributed by atoms with Gasteiger partial charge in [-0.05, 0) is 44.6 Å². The van der Waals surface area contributed by atoms with Crippen LogP contribution in [0.15, 0.2) is 11.0 Å². The number of carboxylic acids is 1. The first kappa shape index (κ1) is 16.5. The van der Waals surface area contributed by atoms with Crippen molar-refractivity contribution >= 4 is 27.3 Å². The van der Waals surface area contributed by atoms with Gasteiger partial charge in [0.25, 0.3) is 0 Å². The van der Waals surface area contributed by atoms with E-state index in [2.05, 4.69) is 11.6 Å². The second kappa shape index (κ2) is 6.46. The van der Waals surface area contributed by atoms with Crippen molar-refractivity contribution < 1.29 is 18.3 Å². The summed E-state index contributed by atoms with van der Waals surface area (Å²) in [6, 6.07) is 1.22. The molecule has 2 rings (SSSR count). The molecule has 0 saturated heterocycles. The standard InChI is InChI=1S/C14H21NO4S2/c1-3-10-4-6-11(7-5-10)15-21(18,19)13-8-12(14(16)17)20-9(13)2/h8,10-11,15H,3-7H2,1-2H3,(H,16,17). The molecule has 1 aliphatic carbocycles. The molecule has 0 amide bonds. The number of thiophene rings is 1. The molecule has 0 aromatic carbocycles. The Morgan fingerprint density at radius 2 is 2.00 bits per heavy atom. The van der Waals surface area contributed by atoms with Crippen LogP contribution in [0.5, 0.6) is 0 Å². The van der Waals surface area contributed by atoms with Gasteiger partial charge in [0.1, 0.15) is 4.88 Å². The van der Waals surface area contributed by atoms with Crippen molar-refractivity contribution in [1.29, 1.82) is 0 Å². The first-order valence-electron chi connectivity index (χ1n) is 7.19. The van der Waals surface area contributed by atoms with Crippen LogP contribution in [0.25, 0.3) is 0 Å². The van der Waals surface area contributed by atoms with Crippen LogP contribution in [0.2, 0.25) is 0 Å². The van der Waals surface area contributed by atoms with E-state index in [1.165, 1.54) is 6.07 Å². The van der Waals surface area contributed by atoms with Crippen LogP contribution in [-0.4, -0.2) is 25.5 Å². The van der Waals surface area contributed by atoms with Crippen LogP contribution in [-0.2, 0) is 10.0 Å². The molecule has 5 nitrogen and oxygen atoms in total. The molecule has 0 radical (unpaired) electrons. The Morgan fingerprint density at radius 1 is 1.38 bits per heavy atom. The van der Waals surface area contributed by atoms with Crippen molar-refractivity contribution in [3.05, 3.63) is 15.8 Å². The van der Waals surface area contributed by atoms with E-state index in [4.69, 9.17) is 5.11 Å². The molecule has 1 saturated carbocycles. The Kier molecular flexibility index (Phi) is 5.06. The van der Waals surface area contributed by atoms with Crippen LogP contribution < -0.4 is 4.72 Å². The van der Waals surface area contributed by atoms with Crippen molar-refractivity contribution in [3.8, 4) is 0 Å². The molecule has 1 fully saturated rings. The van der Waals surface area contributed by atoms with Gasteiger partial charge in [0.2, 0.25) is 10.0 Å². The summed E-state index contributed by atoms with van der Waals surface area (Å²) in [4.78, 5) is 11.6. The van der Waals surface area contributed by atoms with Crippen LogP contribution in [0.4, 0.5) is 0 Å². The smallest absolute Gasteiger partial charge is 0.345 e. The van der Waals surface area contributed by atoms with E-state index in [1.807, 2.05) is 0 Å². The van der Waals surface area contributed by atoms with Crippen LogP contribution >= 0.6 is 11.3 Å². The number of carbonyl (C=O) groups is 1. The Balaban J connectivity index is 2.10. The molecule has 0 spiro atoms. The minimum Gasteiger partial charge on any atom is -0.477 e. The number of sulfonamides is 1. The molecule has 1 aromatic rings. The number of nitrogens with one attached hydrogen (secondary N) is 1. The van der Waals surface area contributed by atoms with E-state index >= 15 is 0 Å². The van der Waals surface area contributed by atoms with Gasteiger partial charge < -0.3 is 5.11 Å². The second-order valence-corrected chi connectivity index (χ2v) is 8.52. The summed E-state index contributed by atoms with van der Waals surface area (Å²) >= 11 is 0.997. The van der Waals surface area contributed by atoms with Gasteiger partial charge in [-0.3, -0.25) is 0 Å². The van der Waals surface area contributed by atoms with Gasteiger partial charge in [-0.2, -0.15) is 0 Å². The van der Waals surface area contributed by atoms with Gasteiger partial charge in [-0.25, -0.2) is 17.9 Å². The van der Waals surface area contributed by atoms with Gasteiger partial charge in [-0.1, -0.05) is 13.3 Å². The van der Waals surface area contributed by atoms with E-state index in [0.717, 1.165) is 43.4 Å². The third-order valence-electron chi connectivity index (χ3n) is 4.12. The fraction of sp³-hybridized carbons (Fsp3) is 0.643. The number of hydrogen-bond donors (Lipinski definition) is 2. The molecule has 1 heterocycles. The van der Waals surface area contributed by atoms with E-state index in [9.17, 15) is 13.2 Å². The Bertz CT molecular complexity index is 613. The normalized spacial score (nSPS) is 23.1. The predicted octanol–water partition coefficient (Wildman–Crippen LogP) is 3.00. The Labute approximate surface area is 129 Å². The summed E-state index contributed by atoms with van der Waals surface area (Å²) in [5.74, 6) is -0.389. The molecular formula is C14H21NO4S2. The molecule has 21 heavy (non-hydrogen) atoms. The van der Waals surface area contributed by atoms with E-state index in [1.54, 1.807) is 6.92 Å². The van der Waals surface area contributed by atoms with Crippen molar-refractivity contribution in [2.75, 3.05) is 0 Å². The molecule has 2 N–H and O–H groups in total. The van der Waals surface area contributed by atoms with Gasteiger partial charge >= 0.3 is 5.97 Å². The summed E-state index contributed by atoms with van der Waals surface area (Å²) in [5.41, 5.74) is 0. The number of aromatic carboxylic acids is 1. The van der Waals surface area contributed by atoms with Crippen LogP contribution in [0.3, 0.4) is 0 Å². The van der Waals surface area contributed by atoms with Crippen molar-refractivity contribution in [2.45, 2.75) is 56.9 Å². The molecule has 118 valence electrons. The lowest BCUT2D eigenvalue weighted by molar-refractivity contribution is 0.0702. The van der Waals surface area contributed by atoms with Gasteiger partial charge in [0, 0.05) is 10.9 Å². The lowest BCUT2D eigenvalue weighted by Crippen LogP contribution is -2.37. The summed E-state index contributed by atoms with van der Waals surface area (Å²) in [5, 5.41) is 8.96. The summed E-state index contributed by atoms with van der Waals surface area (Å²) in [7, 11) is -3.63. The van der Waals surface area contributed by atoms with Crippen LogP contribution in [0, 0.1) is 12.8 Å². The van der Waals surface area contributed by atoms with Crippen LogP contribution in [0.1, 0.15) is 53.6 Å². The molecular weight excluding hydrogens is 310 g/mol. The first-order valence-corrected chi connectivity index (χ1v) is 9.49. The van der Waals surface area contributed by atoms with Crippen molar-refractivity contribution in [1.82, 2.24) is 4.72 Å². The highest BCUT2D eigenvalue weighted by Gasteiger charge is 2.27. The molecule has 0 unspecified atom stereocenters. The van der Waals surface area contributed by atoms with Gasteiger partial charge in [0.15, 0.2) is 0 Å². The van der Waals surface area contributed by atoms with Gasteiger partial charge in [-0.15, -0.1) is 11.3 Å². The Hall–Kier alpha value is -0.920. The highest BCUT2D eigenvalue weighted by molar-refractivity contribution is 7.89. The third-order valence-corrected chi connectivity index (χ3v) is 6.93. The van der Waals surface area contributed by atoms with Crippen molar-refractivity contribution in [3.63, 3.8) is 0 Å². The Morgan fingerprint density at radius 3 is 2.48 bits per heavy atom. The molecule has 0 aliphatic heterocycles. The second-order valence-electron chi connectivity index (χ2n) is 5.58. The molecule has 1 aromatic heterocycles. The van der Waals surface area contributed by atoms with E-state index in [0.29, 0.717) is 10.8 Å². The highest BCUT2D eigenvalue weighted by atomic mass is 32.2. The van der Waals surface area contributed by atoms with Gasteiger partial charge in [0.05, 0.1) is 4.90 Å². The zero-order valence-corrected chi connectivity index (χ0v) is 13.9. The third kappa shape index (κ3) is 3.84. The first-order chi connectivity index (χ1) is 9.83. The molecule has 0 bridgehead atoms. The quantitative estimate of drug-likeness (QED) is 0.869. The lowest BCUT2D eigenvalue weighted by Gasteiger charge is -2.28. The lowest BCUT2D eigenvalue weighted by atomic mass is 9.85. The minimum absolute atomic E-state index is 0.0367. The summed E-state index contributed by atoms with van der Waals surface area (Å²) in [6.07, 6.45) is 4.95. The van der Waals surface area contributed by atoms with E-state index in [-0.39, 0.29) is 15.8 Å². The topological polar surface area (TPSA) is 83.5 Å². The highest BCUT2D eigenvalue weighted by Crippen LogP contribution is 2.29. The monoisotopic (exact) mass is 331 g/mol. The number of rotatable bonds is 5. The summed E-state index contributed by atoms with van der Waals surface area (Å²) < 4.78 is 27.6. The number of hydrogen-bond acceptors (Lipinski definition) is 4. The summed E-state index contributed by atoms with van der Waals surface area (Å²) in [6.45, 7) is 3.80. The number of aryl methyl sites for hydroxylation is 1. The SMILES string of the molecule is CCC1CCC(NS(=O)(=O)c2cc(C(=O)O)sc2C)CC1. The molecule has 0 atom stereocenters. The maximum Gasteiger partial charge on any atom is 0.345 e. The largest absolute Gasteiger partial charge is 0.477 e. The fourth-order valence-corrected chi connectivity index (χ4v) is 5.54. The zero-order valence-electron chi connectivity index (χ0n) is 12.3. The average Bonchev–Trinajstić information content (AvgIpc) is 2.82. The minimum atomic E-state index is -3.63. The fourth-order valence-electron chi connectivity index (χ4n) is 2.81. The maximum atomic E-state index is 12.4. The zero-order chi connectivity index (χ0) is 15.6. The molecule has 7 heteroatoms. The van der Waals surface area contributed by atoms with E-state index < -0.39 is 16.0 Å². The maximum absolute atomic E-state index is 12.4. The van der Waals surface area contributed by atoms with Crippen molar-refractivity contribution in [2.24, 2.45) is 5.92 Å². The molecule has 1 aliphatic rings. The average molecular weight is 331 g/mol. The predicted molar refractivity (Wildman–Crippen MR) is 82.4 cm³/mol.